The third kappa shape index (κ3) is 6.02. The summed E-state index contributed by atoms with van der Waals surface area (Å²) in [5, 5.41) is 22.6. The maximum atomic E-state index is 13.4. The average molecular weight is 359 g/mol. The minimum absolute atomic E-state index is 0.167. The molecule has 1 aliphatic heterocycles. The van der Waals surface area contributed by atoms with Gasteiger partial charge in [-0.1, -0.05) is 25.2 Å². The molecule has 0 saturated heterocycles. The van der Waals surface area contributed by atoms with Crippen molar-refractivity contribution in [3.05, 3.63) is 59.0 Å². The molecule has 0 amide bonds. The number of allylic oxidation sites excluding steroid dienone is 7. The Balaban J connectivity index is 2.10. The van der Waals surface area contributed by atoms with Gasteiger partial charge in [0.25, 0.3) is 0 Å². The minimum Gasteiger partial charge on any atom is -0.481 e. The number of nitrogens with one attached hydrogen (secondary N) is 3. The smallest absolute Gasteiger partial charge is 0.303 e. The molecule has 140 valence electrons. The molecule has 0 spiro atoms. The van der Waals surface area contributed by atoms with Crippen LogP contribution < -0.4 is 10.6 Å². The highest BCUT2D eigenvalue weighted by molar-refractivity contribution is 5.69. The van der Waals surface area contributed by atoms with Gasteiger partial charge in [-0.05, 0) is 43.8 Å². The van der Waals surface area contributed by atoms with Crippen molar-refractivity contribution >= 4 is 12.2 Å². The summed E-state index contributed by atoms with van der Waals surface area (Å²) in [5.41, 5.74) is 4.09. The first-order chi connectivity index (χ1) is 12.5. The van der Waals surface area contributed by atoms with Crippen LogP contribution in [0.5, 0.6) is 0 Å². The lowest BCUT2D eigenvalue weighted by Gasteiger charge is -2.31. The molecule has 0 aromatic rings. The summed E-state index contributed by atoms with van der Waals surface area (Å²) >= 11 is 0. The predicted octanol–water partition coefficient (Wildman–Crippen LogP) is 4.29. The second-order valence-corrected chi connectivity index (χ2v) is 6.54. The largest absolute Gasteiger partial charge is 0.481 e. The maximum absolute atomic E-state index is 13.4. The molecule has 0 aromatic carbocycles. The number of hydrogen-bond donors (Lipinski definition) is 4. The van der Waals surface area contributed by atoms with E-state index in [2.05, 4.69) is 29.7 Å². The summed E-state index contributed by atoms with van der Waals surface area (Å²) in [6.07, 6.45) is 13.2. The van der Waals surface area contributed by atoms with E-state index in [0.717, 1.165) is 54.3 Å². The van der Waals surface area contributed by atoms with Crippen molar-refractivity contribution in [1.29, 1.82) is 5.41 Å². The standard InChI is InChI=1S/C20H26FN3O2/c1-14-9-10-18-19(13-14)24-16(6-2-3-8-20(25)26)17(23-18)7-4-5-15(21)11-12-22/h4-5,10-14,22-24H,2-3,6-9H2,1H3,(H,25,26)/b5-4-,15-11+,22-12?. The molecule has 4 N–H and O–H groups in total. The summed E-state index contributed by atoms with van der Waals surface area (Å²) in [6, 6.07) is 0. The van der Waals surface area contributed by atoms with Gasteiger partial charge in [0, 0.05) is 30.5 Å². The van der Waals surface area contributed by atoms with Crippen LogP contribution in [0.25, 0.3) is 0 Å². The third-order valence-corrected chi connectivity index (χ3v) is 4.28. The van der Waals surface area contributed by atoms with E-state index >= 15 is 0 Å². The third-order valence-electron chi connectivity index (χ3n) is 4.28. The number of hydrogen-bond acceptors (Lipinski definition) is 4. The molecule has 1 atom stereocenters. The number of halogens is 1. The zero-order valence-corrected chi connectivity index (χ0v) is 15.0. The Morgan fingerprint density at radius 3 is 2.85 bits per heavy atom. The molecule has 0 fully saturated rings. The minimum atomic E-state index is -0.778. The van der Waals surface area contributed by atoms with Crippen LogP contribution in [-0.4, -0.2) is 17.3 Å². The van der Waals surface area contributed by atoms with Crippen molar-refractivity contribution in [3.8, 4) is 0 Å². The number of carboxylic acid groups (broad SMARTS) is 1. The van der Waals surface area contributed by atoms with Crippen LogP contribution in [0.3, 0.4) is 0 Å². The molecule has 0 radical (unpaired) electrons. The van der Waals surface area contributed by atoms with E-state index in [0.29, 0.717) is 18.8 Å². The molecule has 0 saturated carbocycles. The van der Waals surface area contributed by atoms with E-state index in [-0.39, 0.29) is 6.42 Å². The van der Waals surface area contributed by atoms with Crippen molar-refractivity contribution < 1.29 is 14.3 Å². The van der Waals surface area contributed by atoms with E-state index in [1.807, 2.05) is 0 Å². The van der Waals surface area contributed by atoms with Gasteiger partial charge >= 0.3 is 5.97 Å². The Labute approximate surface area is 153 Å². The molecule has 2 aliphatic rings. The number of fused-ring (bicyclic) bond motifs is 1. The molecule has 5 nitrogen and oxygen atoms in total. The summed E-state index contributed by atoms with van der Waals surface area (Å²) in [7, 11) is 0. The molecule has 26 heavy (non-hydrogen) atoms. The van der Waals surface area contributed by atoms with Gasteiger partial charge in [0.1, 0.15) is 5.83 Å². The van der Waals surface area contributed by atoms with Crippen molar-refractivity contribution in [2.75, 3.05) is 0 Å². The Morgan fingerprint density at radius 2 is 2.12 bits per heavy atom. The summed E-state index contributed by atoms with van der Waals surface area (Å²) in [5.74, 6) is -0.767. The van der Waals surface area contributed by atoms with Gasteiger partial charge in [0.2, 0.25) is 0 Å². The van der Waals surface area contributed by atoms with Gasteiger partial charge in [0.05, 0.1) is 11.4 Å². The van der Waals surface area contributed by atoms with E-state index in [1.165, 1.54) is 6.08 Å². The second-order valence-electron chi connectivity index (χ2n) is 6.54. The number of unbranched alkanes of at least 4 members (excludes halogenated alkanes) is 1. The van der Waals surface area contributed by atoms with Crippen molar-refractivity contribution in [1.82, 2.24) is 10.6 Å². The lowest BCUT2D eigenvalue weighted by atomic mass is 9.96. The van der Waals surface area contributed by atoms with Gasteiger partial charge in [-0.2, -0.15) is 0 Å². The Morgan fingerprint density at radius 1 is 1.35 bits per heavy atom. The van der Waals surface area contributed by atoms with Crippen LogP contribution in [0.15, 0.2) is 59.0 Å². The van der Waals surface area contributed by atoms with Gasteiger partial charge < -0.3 is 21.1 Å². The molecule has 6 heteroatoms. The number of carbonyl (C=O) groups is 1. The quantitative estimate of drug-likeness (QED) is 0.281. The zero-order valence-electron chi connectivity index (χ0n) is 15.0. The van der Waals surface area contributed by atoms with E-state index < -0.39 is 11.8 Å². The zero-order chi connectivity index (χ0) is 18.9. The first-order valence-corrected chi connectivity index (χ1v) is 8.92. The van der Waals surface area contributed by atoms with Crippen LogP contribution >= 0.6 is 0 Å². The molecule has 0 bridgehead atoms. The highest BCUT2D eigenvalue weighted by Gasteiger charge is 2.21. The van der Waals surface area contributed by atoms with Crippen LogP contribution in [0, 0.1) is 11.3 Å². The average Bonchev–Trinajstić information content (AvgIpc) is 2.59. The Hall–Kier alpha value is -2.63. The monoisotopic (exact) mass is 359 g/mol. The fourth-order valence-corrected chi connectivity index (χ4v) is 2.95. The van der Waals surface area contributed by atoms with Crippen molar-refractivity contribution in [2.24, 2.45) is 5.92 Å². The Kier molecular flexibility index (Phi) is 7.38. The maximum Gasteiger partial charge on any atom is 0.303 e. The van der Waals surface area contributed by atoms with Gasteiger partial charge in [-0.25, -0.2) is 4.39 Å². The van der Waals surface area contributed by atoms with Crippen LogP contribution in [0.4, 0.5) is 4.39 Å². The first-order valence-electron chi connectivity index (χ1n) is 8.92. The van der Waals surface area contributed by atoms with Gasteiger partial charge in [-0.3, -0.25) is 4.79 Å². The lowest BCUT2D eigenvalue weighted by Crippen LogP contribution is -2.33. The summed E-state index contributed by atoms with van der Waals surface area (Å²) in [4.78, 5) is 10.7. The Bertz CT molecular complexity index is 702. The molecule has 2 rings (SSSR count). The highest BCUT2D eigenvalue weighted by atomic mass is 19.1. The number of aliphatic carboxylic acids is 1. The van der Waals surface area contributed by atoms with Gasteiger partial charge in [0.15, 0.2) is 0 Å². The fourth-order valence-electron chi connectivity index (χ4n) is 2.95. The van der Waals surface area contributed by atoms with E-state index in [1.54, 1.807) is 6.08 Å². The molecule has 1 unspecified atom stereocenters. The van der Waals surface area contributed by atoms with E-state index in [9.17, 15) is 9.18 Å². The van der Waals surface area contributed by atoms with Crippen LogP contribution in [-0.2, 0) is 4.79 Å². The lowest BCUT2D eigenvalue weighted by molar-refractivity contribution is -0.137. The van der Waals surface area contributed by atoms with Gasteiger partial charge in [-0.15, -0.1) is 0 Å². The first kappa shape index (κ1) is 19.7. The predicted molar refractivity (Wildman–Crippen MR) is 101 cm³/mol. The summed E-state index contributed by atoms with van der Waals surface area (Å²) < 4.78 is 13.4. The normalized spacial score (nSPS) is 20.1. The molecule has 1 heterocycles. The molecule has 0 aromatic heterocycles. The van der Waals surface area contributed by atoms with E-state index in [4.69, 9.17) is 10.5 Å². The number of carboxylic acids is 1. The molecule has 1 aliphatic carbocycles. The van der Waals surface area contributed by atoms with Crippen molar-refractivity contribution in [2.45, 2.75) is 45.4 Å². The van der Waals surface area contributed by atoms with Crippen LogP contribution in [0.1, 0.15) is 45.4 Å². The number of rotatable bonds is 9. The molecular formula is C20H26FN3O2. The van der Waals surface area contributed by atoms with Crippen molar-refractivity contribution in [3.63, 3.8) is 0 Å². The highest BCUT2D eigenvalue weighted by Crippen LogP contribution is 2.28. The second kappa shape index (κ2) is 9.75. The SMILES string of the molecule is CC1C=C2NC(CCCCC(=O)O)=C(C/C=C\C(F)=C/C=N)NC2=CC1. The molecular weight excluding hydrogens is 333 g/mol. The van der Waals surface area contributed by atoms with Crippen LogP contribution in [0.2, 0.25) is 0 Å². The topological polar surface area (TPSA) is 85.2 Å². The summed E-state index contributed by atoms with van der Waals surface area (Å²) in [6.45, 7) is 2.16. The fraction of sp³-hybridized carbons (Fsp3) is 0.400.